The van der Waals surface area contributed by atoms with E-state index in [2.05, 4.69) is 18.9 Å². The molecule has 0 aliphatic carbocycles. The lowest BCUT2D eigenvalue weighted by atomic mass is 10.9. The summed E-state index contributed by atoms with van der Waals surface area (Å²) in [6, 6.07) is 0. The van der Waals surface area contributed by atoms with Crippen LogP contribution >= 0.6 is 46.4 Å². The highest BCUT2D eigenvalue weighted by Gasteiger charge is 2.10. The van der Waals surface area contributed by atoms with Crippen LogP contribution in [0.15, 0.2) is 9.37 Å². The molecule has 0 aliphatic rings. The molecule has 0 aliphatic heterocycles. The second-order valence-electron chi connectivity index (χ2n) is 2.05. The van der Waals surface area contributed by atoms with E-state index in [0.29, 0.717) is 10.2 Å². The molecule has 2 aromatic heterocycles. The van der Waals surface area contributed by atoms with Crippen LogP contribution in [-0.4, -0.2) is 18.9 Å². The molecule has 0 atom stereocenters. The molecule has 4 nitrogen and oxygen atoms in total. The van der Waals surface area contributed by atoms with Crippen LogP contribution < -0.4 is 0 Å². The number of rotatable bonds is 2. The van der Waals surface area contributed by atoms with Crippen LogP contribution in [-0.2, 0) is 0 Å². The minimum atomic E-state index is 0.433. The zero-order valence-electron chi connectivity index (χ0n) is 6.39. The standard InChI is InChI=1S/C5H3ClN4S3/c1-2-7-8-5(11-2)12-4-3(6)9-13-10-4/h1H3. The van der Waals surface area contributed by atoms with E-state index < -0.39 is 0 Å². The molecule has 68 valence electrons. The third-order valence-electron chi connectivity index (χ3n) is 1.11. The number of hydrogen-bond acceptors (Lipinski definition) is 7. The first-order chi connectivity index (χ1) is 6.25. The average Bonchev–Trinajstić information content (AvgIpc) is 2.64. The van der Waals surface area contributed by atoms with Gasteiger partial charge < -0.3 is 0 Å². The van der Waals surface area contributed by atoms with Gasteiger partial charge in [-0.3, -0.25) is 0 Å². The lowest BCUT2D eigenvalue weighted by Crippen LogP contribution is -1.73. The van der Waals surface area contributed by atoms with Crippen LogP contribution in [0.3, 0.4) is 0 Å². The fraction of sp³-hybridized carbons (Fsp3) is 0.200. The second kappa shape index (κ2) is 3.87. The second-order valence-corrected chi connectivity index (χ2v) is 5.35. The van der Waals surface area contributed by atoms with Gasteiger partial charge in [0.25, 0.3) is 0 Å². The van der Waals surface area contributed by atoms with Gasteiger partial charge in [0, 0.05) is 0 Å². The normalized spacial score (nSPS) is 10.6. The van der Waals surface area contributed by atoms with Crippen LogP contribution in [0.2, 0.25) is 5.15 Å². The third kappa shape index (κ3) is 2.16. The largest absolute Gasteiger partial charge is 0.180 e. The first kappa shape index (κ1) is 9.32. The van der Waals surface area contributed by atoms with Crippen molar-refractivity contribution < 1.29 is 0 Å². The van der Waals surface area contributed by atoms with Crippen LogP contribution in [0, 0.1) is 6.92 Å². The zero-order chi connectivity index (χ0) is 9.26. The Morgan fingerprint density at radius 1 is 1.31 bits per heavy atom. The molecule has 0 N–H and O–H groups in total. The van der Waals surface area contributed by atoms with Gasteiger partial charge in [0.1, 0.15) is 5.01 Å². The topological polar surface area (TPSA) is 51.6 Å². The van der Waals surface area contributed by atoms with Crippen LogP contribution in [0.5, 0.6) is 0 Å². The van der Waals surface area contributed by atoms with Gasteiger partial charge in [-0.2, -0.15) is 8.75 Å². The van der Waals surface area contributed by atoms with E-state index in [-0.39, 0.29) is 0 Å². The molecule has 0 amide bonds. The van der Waals surface area contributed by atoms with Crippen molar-refractivity contribution in [1.29, 1.82) is 0 Å². The summed E-state index contributed by atoms with van der Waals surface area (Å²) >= 11 is 9.77. The number of nitrogens with zero attached hydrogens (tertiary/aromatic N) is 4. The summed E-state index contributed by atoms with van der Waals surface area (Å²) in [5.41, 5.74) is 0. The molecule has 0 fully saturated rings. The summed E-state index contributed by atoms with van der Waals surface area (Å²) in [5, 5.41) is 9.89. The molecule has 2 aromatic rings. The molecule has 0 saturated carbocycles. The minimum Gasteiger partial charge on any atom is -0.164 e. The molecule has 8 heteroatoms. The fourth-order valence-corrected chi connectivity index (χ4v) is 3.16. The molecule has 0 spiro atoms. The van der Waals surface area contributed by atoms with Gasteiger partial charge in [0.2, 0.25) is 0 Å². The first-order valence-electron chi connectivity index (χ1n) is 3.22. The van der Waals surface area contributed by atoms with Crippen molar-refractivity contribution in [3.05, 3.63) is 10.2 Å². The van der Waals surface area contributed by atoms with E-state index in [1.807, 2.05) is 6.92 Å². The summed E-state index contributed by atoms with van der Waals surface area (Å²) < 4.78 is 8.71. The van der Waals surface area contributed by atoms with Crippen molar-refractivity contribution in [2.75, 3.05) is 0 Å². The van der Waals surface area contributed by atoms with Gasteiger partial charge in [0.15, 0.2) is 14.5 Å². The van der Waals surface area contributed by atoms with Crippen molar-refractivity contribution in [3.8, 4) is 0 Å². The predicted octanol–water partition coefficient (Wildman–Crippen LogP) is 2.50. The maximum absolute atomic E-state index is 5.77. The Kier molecular flexibility index (Phi) is 2.77. The Labute approximate surface area is 91.7 Å². The molecular weight excluding hydrogens is 248 g/mol. The quantitative estimate of drug-likeness (QED) is 0.820. The number of aryl methyl sites for hydroxylation is 1. The molecule has 0 radical (unpaired) electrons. The first-order valence-corrected chi connectivity index (χ1v) is 5.96. The Bertz CT molecular complexity index is 411. The molecule has 0 aromatic carbocycles. The highest BCUT2D eigenvalue weighted by atomic mass is 35.5. The summed E-state index contributed by atoms with van der Waals surface area (Å²) in [6.07, 6.45) is 0. The maximum Gasteiger partial charge on any atom is 0.180 e. The fourth-order valence-electron chi connectivity index (χ4n) is 0.633. The highest BCUT2D eigenvalue weighted by molar-refractivity contribution is 8.01. The molecular formula is C5H3ClN4S3. The predicted molar refractivity (Wildman–Crippen MR) is 53.7 cm³/mol. The molecule has 13 heavy (non-hydrogen) atoms. The van der Waals surface area contributed by atoms with Gasteiger partial charge in [-0.25, -0.2) is 0 Å². The lowest BCUT2D eigenvalue weighted by molar-refractivity contribution is 0.982. The Hall–Kier alpha value is -0.240. The summed E-state index contributed by atoms with van der Waals surface area (Å²) in [5.74, 6) is 0. The number of aromatic nitrogens is 4. The van der Waals surface area contributed by atoms with Gasteiger partial charge in [-0.05, 0) is 18.7 Å². The molecule has 0 saturated heterocycles. The van der Waals surface area contributed by atoms with E-state index >= 15 is 0 Å². The molecule has 2 heterocycles. The zero-order valence-corrected chi connectivity index (χ0v) is 9.60. The number of hydrogen-bond donors (Lipinski definition) is 0. The maximum atomic E-state index is 5.77. The molecule has 0 unspecified atom stereocenters. The van der Waals surface area contributed by atoms with E-state index in [1.54, 1.807) is 0 Å². The Balaban J connectivity index is 2.19. The summed E-state index contributed by atoms with van der Waals surface area (Å²) in [4.78, 5) is 0. The molecule has 2 rings (SSSR count). The summed E-state index contributed by atoms with van der Waals surface area (Å²) in [6.45, 7) is 1.91. The SMILES string of the molecule is Cc1nnc(Sc2nsnc2Cl)s1. The van der Waals surface area contributed by atoms with Crippen molar-refractivity contribution in [2.24, 2.45) is 0 Å². The van der Waals surface area contributed by atoms with Crippen LogP contribution in [0.1, 0.15) is 5.01 Å². The van der Waals surface area contributed by atoms with E-state index in [9.17, 15) is 0 Å². The van der Waals surface area contributed by atoms with Crippen molar-refractivity contribution in [2.45, 2.75) is 16.3 Å². The van der Waals surface area contributed by atoms with E-state index in [0.717, 1.165) is 21.1 Å². The van der Waals surface area contributed by atoms with E-state index in [1.165, 1.54) is 23.1 Å². The monoisotopic (exact) mass is 250 g/mol. The van der Waals surface area contributed by atoms with Crippen LogP contribution in [0.25, 0.3) is 0 Å². The van der Waals surface area contributed by atoms with Crippen LogP contribution in [0.4, 0.5) is 0 Å². The van der Waals surface area contributed by atoms with Crippen molar-refractivity contribution in [3.63, 3.8) is 0 Å². The number of halogens is 1. The lowest BCUT2D eigenvalue weighted by Gasteiger charge is -1.87. The highest BCUT2D eigenvalue weighted by Crippen LogP contribution is 2.32. The smallest absolute Gasteiger partial charge is 0.164 e. The van der Waals surface area contributed by atoms with Gasteiger partial charge in [-0.15, -0.1) is 10.2 Å². The van der Waals surface area contributed by atoms with Crippen molar-refractivity contribution in [1.82, 2.24) is 18.9 Å². The molecule has 0 bridgehead atoms. The van der Waals surface area contributed by atoms with Gasteiger partial charge in [-0.1, -0.05) is 22.9 Å². The average molecular weight is 251 g/mol. The summed E-state index contributed by atoms with van der Waals surface area (Å²) in [7, 11) is 0. The minimum absolute atomic E-state index is 0.433. The van der Waals surface area contributed by atoms with E-state index in [4.69, 9.17) is 11.6 Å². The third-order valence-corrected chi connectivity index (χ3v) is 4.10. The van der Waals surface area contributed by atoms with Gasteiger partial charge >= 0.3 is 0 Å². The Morgan fingerprint density at radius 3 is 2.69 bits per heavy atom. The van der Waals surface area contributed by atoms with Gasteiger partial charge in [0.05, 0.1) is 11.7 Å². The Morgan fingerprint density at radius 2 is 2.15 bits per heavy atom. The van der Waals surface area contributed by atoms with Crippen molar-refractivity contribution >= 4 is 46.4 Å².